The summed E-state index contributed by atoms with van der Waals surface area (Å²) in [6.45, 7) is 5.61. The Morgan fingerprint density at radius 2 is 1.88 bits per heavy atom. The Bertz CT molecular complexity index is 715. The van der Waals surface area contributed by atoms with Gasteiger partial charge in [-0.15, -0.1) is 12.4 Å². The van der Waals surface area contributed by atoms with Crippen molar-refractivity contribution in [1.82, 2.24) is 15.2 Å². The molecule has 2 fully saturated rings. The van der Waals surface area contributed by atoms with Crippen LogP contribution in [0.3, 0.4) is 0 Å². The molecule has 4 nitrogen and oxygen atoms in total. The summed E-state index contributed by atoms with van der Waals surface area (Å²) in [5, 5.41) is 5.20. The molecule has 2 aromatic rings. The van der Waals surface area contributed by atoms with Crippen molar-refractivity contribution in [3.05, 3.63) is 36.4 Å². The Labute approximate surface area is 160 Å². The van der Waals surface area contributed by atoms with E-state index in [1.807, 2.05) is 6.07 Å². The number of ether oxygens (including phenoxy) is 1. The van der Waals surface area contributed by atoms with E-state index in [4.69, 9.17) is 4.74 Å². The molecule has 2 saturated heterocycles. The molecule has 0 bridgehead atoms. The van der Waals surface area contributed by atoms with Crippen LogP contribution >= 0.6 is 12.4 Å². The van der Waals surface area contributed by atoms with Crippen molar-refractivity contribution in [2.75, 3.05) is 32.7 Å². The van der Waals surface area contributed by atoms with E-state index in [0.717, 1.165) is 55.7 Å². The van der Waals surface area contributed by atoms with Crippen LogP contribution in [0.1, 0.15) is 25.7 Å². The van der Waals surface area contributed by atoms with Crippen LogP contribution in [0.5, 0.6) is 5.75 Å². The number of piperidine rings is 2. The maximum Gasteiger partial charge on any atom is 0.165 e. The number of pyridine rings is 1. The van der Waals surface area contributed by atoms with Gasteiger partial charge in [0.1, 0.15) is 6.10 Å². The Hall–Kier alpha value is -1.43. The van der Waals surface area contributed by atoms with Crippen LogP contribution in [0.15, 0.2) is 30.6 Å². The molecule has 1 aromatic heterocycles. The highest BCUT2D eigenvalue weighted by molar-refractivity contribution is 5.85. The molecule has 2 aliphatic rings. The zero-order valence-electron chi connectivity index (χ0n) is 15.0. The van der Waals surface area contributed by atoms with Gasteiger partial charge in [-0.05, 0) is 68.3 Å². The predicted octanol–water partition coefficient (Wildman–Crippen LogP) is 3.64. The lowest BCUT2D eigenvalue weighted by atomic mass is 9.96. The number of nitrogens with one attached hydrogen (secondary N) is 1. The molecule has 0 saturated carbocycles. The fourth-order valence-electron chi connectivity index (χ4n) is 4.00. The average molecular weight is 380 g/mol. The topological polar surface area (TPSA) is 37.4 Å². The van der Waals surface area contributed by atoms with Crippen molar-refractivity contribution in [3.8, 4) is 5.75 Å². The second-order valence-electron chi connectivity index (χ2n) is 7.32. The molecule has 0 atom stereocenters. The lowest BCUT2D eigenvalue weighted by Crippen LogP contribution is -2.42. The number of benzene rings is 1. The van der Waals surface area contributed by atoms with Crippen LogP contribution in [0.4, 0.5) is 4.39 Å². The summed E-state index contributed by atoms with van der Waals surface area (Å²) in [4.78, 5) is 6.59. The Kier molecular flexibility index (Phi) is 6.68. The van der Waals surface area contributed by atoms with E-state index in [-0.39, 0.29) is 24.3 Å². The third-order valence-corrected chi connectivity index (χ3v) is 5.49. The van der Waals surface area contributed by atoms with Gasteiger partial charge < -0.3 is 15.0 Å². The monoisotopic (exact) mass is 379 g/mol. The van der Waals surface area contributed by atoms with E-state index in [1.165, 1.54) is 25.5 Å². The Morgan fingerprint density at radius 1 is 1.12 bits per heavy atom. The minimum absolute atomic E-state index is 0. The first-order valence-electron chi connectivity index (χ1n) is 9.41. The molecule has 0 radical (unpaired) electrons. The molecule has 142 valence electrons. The molecule has 2 aliphatic heterocycles. The van der Waals surface area contributed by atoms with Crippen molar-refractivity contribution < 1.29 is 9.13 Å². The maximum absolute atomic E-state index is 14.3. The predicted molar refractivity (Wildman–Crippen MR) is 105 cm³/mol. The molecule has 1 N–H and O–H groups in total. The van der Waals surface area contributed by atoms with Crippen molar-refractivity contribution in [2.45, 2.75) is 31.8 Å². The lowest BCUT2D eigenvalue weighted by molar-refractivity contribution is 0.0847. The van der Waals surface area contributed by atoms with Gasteiger partial charge in [0.15, 0.2) is 11.6 Å². The molecule has 1 aromatic carbocycles. The highest BCUT2D eigenvalue weighted by atomic mass is 35.5. The molecule has 0 amide bonds. The van der Waals surface area contributed by atoms with Crippen LogP contribution in [0, 0.1) is 11.7 Å². The van der Waals surface area contributed by atoms with E-state index >= 15 is 0 Å². The molecule has 0 aliphatic carbocycles. The quantitative estimate of drug-likeness (QED) is 0.880. The molecule has 4 rings (SSSR count). The van der Waals surface area contributed by atoms with Crippen molar-refractivity contribution in [3.63, 3.8) is 0 Å². The Morgan fingerprint density at radius 3 is 2.65 bits per heavy atom. The van der Waals surface area contributed by atoms with E-state index in [2.05, 4.69) is 15.2 Å². The molecule has 3 heterocycles. The number of aromatic nitrogens is 1. The molecular weight excluding hydrogens is 353 g/mol. The molecule has 6 heteroatoms. The number of likely N-dealkylation sites (tertiary alicyclic amines) is 1. The summed E-state index contributed by atoms with van der Waals surface area (Å²) in [6, 6.07) is 5.21. The van der Waals surface area contributed by atoms with Gasteiger partial charge in [0.2, 0.25) is 0 Å². The third-order valence-electron chi connectivity index (χ3n) is 5.49. The molecule has 0 unspecified atom stereocenters. The summed E-state index contributed by atoms with van der Waals surface area (Å²) in [5.41, 5.74) is 0. The van der Waals surface area contributed by atoms with Gasteiger partial charge in [0.25, 0.3) is 0 Å². The van der Waals surface area contributed by atoms with Gasteiger partial charge in [-0.25, -0.2) is 4.39 Å². The zero-order valence-corrected chi connectivity index (χ0v) is 15.8. The van der Waals surface area contributed by atoms with E-state index in [9.17, 15) is 4.39 Å². The second-order valence-corrected chi connectivity index (χ2v) is 7.32. The summed E-state index contributed by atoms with van der Waals surface area (Å²) in [6.07, 6.45) is 8.03. The Balaban J connectivity index is 0.00000196. The van der Waals surface area contributed by atoms with Crippen molar-refractivity contribution >= 4 is 23.2 Å². The second kappa shape index (κ2) is 8.98. The normalized spacial score (nSPS) is 20.0. The van der Waals surface area contributed by atoms with Crippen LogP contribution in [0.2, 0.25) is 0 Å². The fraction of sp³-hybridized carbons (Fsp3) is 0.550. The van der Waals surface area contributed by atoms with E-state index in [0.29, 0.717) is 5.75 Å². The minimum Gasteiger partial charge on any atom is -0.487 e. The van der Waals surface area contributed by atoms with Gasteiger partial charge in [-0.3, -0.25) is 4.98 Å². The fourth-order valence-corrected chi connectivity index (χ4v) is 4.00. The zero-order chi connectivity index (χ0) is 17.1. The first-order valence-corrected chi connectivity index (χ1v) is 9.41. The standard InChI is InChI=1S/C20H26FN3O.ClH/c21-19-11-17-13-23-8-3-16(17)12-20(19)25-18-4-9-24(10-5-18)14-15-1-6-22-7-2-15;/h3,8,11-13,15,18,22H,1-2,4-7,9-10,14H2;1H. The molecular formula is C20H27ClFN3O. The summed E-state index contributed by atoms with van der Waals surface area (Å²) in [5.74, 6) is 0.901. The first-order chi connectivity index (χ1) is 12.3. The number of fused-ring (bicyclic) bond motifs is 1. The maximum atomic E-state index is 14.3. The number of hydrogen-bond acceptors (Lipinski definition) is 4. The largest absolute Gasteiger partial charge is 0.487 e. The van der Waals surface area contributed by atoms with Crippen LogP contribution in [-0.2, 0) is 0 Å². The van der Waals surface area contributed by atoms with Gasteiger partial charge in [-0.1, -0.05) is 0 Å². The SMILES string of the molecule is Cl.Fc1cc2cnccc2cc1OC1CCN(CC2CCNCC2)CC1. The van der Waals surface area contributed by atoms with Crippen molar-refractivity contribution in [1.29, 1.82) is 0 Å². The van der Waals surface area contributed by atoms with Crippen LogP contribution in [-0.4, -0.2) is 48.7 Å². The van der Waals surface area contributed by atoms with Crippen LogP contribution < -0.4 is 10.1 Å². The number of halogens is 2. The minimum atomic E-state index is -0.294. The first kappa shape index (κ1) is 19.3. The number of hydrogen-bond donors (Lipinski definition) is 1. The van der Waals surface area contributed by atoms with Gasteiger partial charge in [-0.2, -0.15) is 0 Å². The van der Waals surface area contributed by atoms with E-state index in [1.54, 1.807) is 18.5 Å². The molecule has 26 heavy (non-hydrogen) atoms. The average Bonchev–Trinajstić information content (AvgIpc) is 2.65. The van der Waals surface area contributed by atoms with Gasteiger partial charge in [0.05, 0.1) is 0 Å². The number of nitrogens with zero attached hydrogens (tertiary/aromatic N) is 2. The van der Waals surface area contributed by atoms with Gasteiger partial charge >= 0.3 is 0 Å². The summed E-state index contributed by atoms with van der Waals surface area (Å²) >= 11 is 0. The smallest absolute Gasteiger partial charge is 0.165 e. The highest BCUT2D eigenvalue weighted by Gasteiger charge is 2.24. The lowest BCUT2D eigenvalue weighted by Gasteiger charge is -2.35. The third kappa shape index (κ3) is 4.64. The molecule has 0 spiro atoms. The summed E-state index contributed by atoms with van der Waals surface area (Å²) in [7, 11) is 0. The van der Waals surface area contributed by atoms with Crippen LogP contribution in [0.25, 0.3) is 10.8 Å². The van der Waals surface area contributed by atoms with Gasteiger partial charge in [0, 0.05) is 37.4 Å². The highest BCUT2D eigenvalue weighted by Crippen LogP contribution is 2.27. The summed E-state index contributed by atoms with van der Waals surface area (Å²) < 4.78 is 20.3. The van der Waals surface area contributed by atoms with Crippen molar-refractivity contribution in [2.24, 2.45) is 5.92 Å². The number of rotatable bonds is 4. The van der Waals surface area contributed by atoms with E-state index < -0.39 is 0 Å².